The van der Waals surface area contributed by atoms with E-state index in [4.69, 9.17) is 4.74 Å². The highest BCUT2D eigenvalue weighted by atomic mass is 19.1. The van der Waals surface area contributed by atoms with Crippen molar-refractivity contribution in [2.45, 2.75) is 32.7 Å². The molecule has 0 spiro atoms. The number of rotatable bonds is 8. The maximum atomic E-state index is 13.7. The zero-order valence-corrected chi connectivity index (χ0v) is 11.0. The molecule has 0 bridgehead atoms. The minimum atomic E-state index is -0.503. The van der Waals surface area contributed by atoms with E-state index in [0.29, 0.717) is 26.2 Å². The van der Waals surface area contributed by atoms with Gasteiger partial charge in [0.25, 0.3) is 0 Å². The molecule has 0 aliphatic heterocycles. The highest BCUT2D eigenvalue weighted by Crippen LogP contribution is 2.23. The van der Waals surface area contributed by atoms with Gasteiger partial charge in [0.05, 0.1) is 0 Å². The molecule has 0 aromatic heterocycles. The van der Waals surface area contributed by atoms with Crippen molar-refractivity contribution < 1.29 is 13.5 Å². The first-order valence-electron chi connectivity index (χ1n) is 6.45. The normalized spacial score (nSPS) is 12.7. The summed E-state index contributed by atoms with van der Waals surface area (Å²) in [6, 6.07) is 3.61. The van der Waals surface area contributed by atoms with Crippen molar-refractivity contribution in [1.29, 1.82) is 0 Å². The van der Waals surface area contributed by atoms with Gasteiger partial charge in [-0.1, -0.05) is 19.9 Å². The monoisotopic (exact) mass is 257 g/mol. The summed E-state index contributed by atoms with van der Waals surface area (Å²) in [4.78, 5) is 0. The van der Waals surface area contributed by atoms with Crippen molar-refractivity contribution in [3.05, 3.63) is 35.4 Å². The Bertz CT molecular complexity index is 337. The molecular formula is C14H21F2NO. The van der Waals surface area contributed by atoms with E-state index in [1.807, 2.05) is 13.8 Å². The Hall–Kier alpha value is -1.00. The largest absolute Gasteiger partial charge is 0.381 e. The molecule has 0 aliphatic rings. The van der Waals surface area contributed by atoms with E-state index >= 15 is 0 Å². The summed E-state index contributed by atoms with van der Waals surface area (Å²) in [6.07, 6.45) is 1.51. The lowest BCUT2D eigenvalue weighted by molar-refractivity contribution is 0.124. The van der Waals surface area contributed by atoms with Crippen molar-refractivity contribution in [2.75, 3.05) is 19.8 Å². The molecule has 0 saturated heterocycles. The van der Waals surface area contributed by atoms with Crippen LogP contribution in [0.3, 0.4) is 0 Å². The van der Waals surface area contributed by atoms with Gasteiger partial charge in [-0.05, 0) is 31.5 Å². The highest BCUT2D eigenvalue weighted by molar-refractivity contribution is 5.23. The van der Waals surface area contributed by atoms with E-state index in [1.165, 1.54) is 18.2 Å². The molecule has 1 rings (SSSR count). The molecule has 102 valence electrons. The minimum absolute atomic E-state index is 0.111. The Labute approximate surface area is 107 Å². The fourth-order valence-electron chi connectivity index (χ4n) is 1.89. The predicted molar refractivity (Wildman–Crippen MR) is 68.5 cm³/mol. The number of benzene rings is 1. The average molecular weight is 257 g/mol. The van der Waals surface area contributed by atoms with Gasteiger partial charge in [-0.15, -0.1) is 0 Å². The van der Waals surface area contributed by atoms with Gasteiger partial charge >= 0.3 is 0 Å². The summed E-state index contributed by atoms with van der Waals surface area (Å²) in [7, 11) is 0. The van der Waals surface area contributed by atoms with Crippen molar-refractivity contribution >= 4 is 0 Å². The third-order valence-corrected chi connectivity index (χ3v) is 2.70. The van der Waals surface area contributed by atoms with E-state index in [1.54, 1.807) is 0 Å². The van der Waals surface area contributed by atoms with Gasteiger partial charge in [0, 0.05) is 24.8 Å². The Morgan fingerprint density at radius 2 is 1.83 bits per heavy atom. The van der Waals surface area contributed by atoms with Gasteiger partial charge < -0.3 is 10.1 Å². The minimum Gasteiger partial charge on any atom is -0.381 e. The van der Waals surface area contributed by atoms with E-state index in [0.717, 1.165) is 6.42 Å². The molecule has 0 amide bonds. The van der Waals surface area contributed by atoms with Crippen LogP contribution in [0.2, 0.25) is 0 Å². The summed E-state index contributed by atoms with van der Waals surface area (Å²) in [6.45, 7) is 5.78. The highest BCUT2D eigenvalue weighted by Gasteiger charge is 2.18. The summed E-state index contributed by atoms with van der Waals surface area (Å²) < 4.78 is 32.7. The summed E-state index contributed by atoms with van der Waals surface area (Å²) in [5.41, 5.74) is 0.111. The van der Waals surface area contributed by atoms with Gasteiger partial charge in [0.2, 0.25) is 0 Å². The first kappa shape index (κ1) is 15.1. The molecule has 0 aliphatic carbocycles. The third-order valence-electron chi connectivity index (χ3n) is 2.70. The van der Waals surface area contributed by atoms with Crippen LogP contribution in [0.5, 0.6) is 0 Å². The Kier molecular flexibility index (Phi) is 6.83. The average Bonchev–Trinajstić information content (AvgIpc) is 2.34. The Morgan fingerprint density at radius 1 is 1.17 bits per heavy atom. The summed E-state index contributed by atoms with van der Waals surface area (Å²) in [5, 5.41) is 3.10. The second-order valence-electron chi connectivity index (χ2n) is 4.15. The number of ether oxygens (including phenoxy) is 1. The van der Waals surface area contributed by atoms with Crippen LogP contribution in [0.4, 0.5) is 8.78 Å². The molecule has 1 N–H and O–H groups in total. The Morgan fingerprint density at radius 3 is 2.39 bits per heavy atom. The smallest absolute Gasteiger partial charge is 0.130 e. The standard InChI is InChI=1S/C14H21F2NO/c1-3-9-18-10-8-13(17-4-2)14-11(15)6-5-7-12(14)16/h5-7,13,17H,3-4,8-10H2,1-2H3. The number of halogens is 2. The van der Waals surface area contributed by atoms with E-state index in [9.17, 15) is 8.78 Å². The molecule has 0 radical (unpaired) electrons. The van der Waals surface area contributed by atoms with E-state index in [2.05, 4.69) is 5.32 Å². The molecule has 2 nitrogen and oxygen atoms in total. The van der Waals surface area contributed by atoms with Crippen molar-refractivity contribution in [3.8, 4) is 0 Å². The van der Waals surface area contributed by atoms with Crippen LogP contribution in [0.1, 0.15) is 38.3 Å². The SMILES string of the molecule is CCCOCCC(NCC)c1c(F)cccc1F. The lowest BCUT2D eigenvalue weighted by Crippen LogP contribution is -2.24. The first-order chi connectivity index (χ1) is 8.70. The van der Waals surface area contributed by atoms with Crippen LogP contribution in [0, 0.1) is 11.6 Å². The fraction of sp³-hybridized carbons (Fsp3) is 0.571. The number of hydrogen-bond donors (Lipinski definition) is 1. The van der Waals surface area contributed by atoms with Crippen LogP contribution in [0.15, 0.2) is 18.2 Å². The zero-order chi connectivity index (χ0) is 13.4. The van der Waals surface area contributed by atoms with Crippen LogP contribution in [-0.2, 0) is 4.74 Å². The van der Waals surface area contributed by atoms with Crippen LogP contribution < -0.4 is 5.32 Å². The molecule has 1 unspecified atom stereocenters. The van der Waals surface area contributed by atoms with Crippen LogP contribution in [-0.4, -0.2) is 19.8 Å². The van der Waals surface area contributed by atoms with Crippen LogP contribution in [0.25, 0.3) is 0 Å². The summed E-state index contributed by atoms with van der Waals surface area (Å²) in [5.74, 6) is -1.01. The molecular weight excluding hydrogens is 236 g/mol. The van der Waals surface area contributed by atoms with E-state index in [-0.39, 0.29) is 11.6 Å². The quantitative estimate of drug-likeness (QED) is 0.720. The number of nitrogens with one attached hydrogen (secondary N) is 1. The van der Waals surface area contributed by atoms with Crippen molar-refractivity contribution in [3.63, 3.8) is 0 Å². The third kappa shape index (κ3) is 4.35. The molecule has 0 fully saturated rings. The van der Waals surface area contributed by atoms with Gasteiger partial charge in [0.1, 0.15) is 11.6 Å². The maximum absolute atomic E-state index is 13.7. The molecule has 1 atom stereocenters. The van der Waals surface area contributed by atoms with Crippen molar-refractivity contribution in [2.24, 2.45) is 0 Å². The molecule has 18 heavy (non-hydrogen) atoms. The second kappa shape index (κ2) is 8.16. The zero-order valence-electron chi connectivity index (χ0n) is 11.0. The van der Waals surface area contributed by atoms with Crippen molar-refractivity contribution in [1.82, 2.24) is 5.32 Å². The molecule has 0 saturated carbocycles. The fourth-order valence-corrected chi connectivity index (χ4v) is 1.89. The second-order valence-corrected chi connectivity index (χ2v) is 4.15. The Balaban J connectivity index is 2.71. The first-order valence-corrected chi connectivity index (χ1v) is 6.45. The van der Waals surface area contributed by atoms with Gasteiger partial charge in [-0.25, -0.2) is 8.78 Å². The van der Waals surface area contributed by atoms with Crippen LogP contribution >= 0.6 is 0 Å². The lowest BCUT2D eigenvalue weighted by atomic mass is 10.0. The van der Waals surface area contributed by atoms with Gasteiger partial charge in [-0.2, -0.15) is 0 Å². The topological polar surface area (TPSA) is 21.3 Å². The van der Waals surface area contributed by atoms with Gasteiger partial charge in [-0.3, -0.25) is 0 Å². The summed E-state index contributed by atoms with van der Waals surface area (Å²) >= 11 is 0. The molecule has 1 aromatic carbocycles. The predicted octanol–water partition coefficient (Wildman–Crippen LogP) is 3.43. The maximum Gasteiger partial charge on any atom is 0.130 e. The lowest BCUT2D eigenvalue weighted by Gasteiger charge is -2.19. The van der Waals surface area contributed by atoms with E-state index < -0.39 is 11.6 Å². The molecule has 1 aromatic rings. The number of hydrogen-bond acceptors (Lipinski definition) is 2. The van der Waals surface area contributed by atoms with Gasteiger partial charge in [0.15, 0.2) is 0 Å². The molecule has 4 heteroatoms. The molecule has 0 heterocycles.